The minimum atomic E-state index is 0.861. The zero-order valence-electron chi connectivity index (χ0n) is 7.30. The van der Waals surface area contributed by atoms with Crippen molar-refractivity contribution in [3.8, 4) is 0 Å². The van der Waals surface area contributed by atoms with Gasteiger partial charge in [0.25, 0.3) is 0 Å². The van der Waals surface area contributed by atoms with Crippen LogP contribution in [0.1, 0.15) is 12.5 Å². The Labute approximate surface area is 89.7 Å². The Kier molecular flexibility index (Phi) is 2.30. The molecule has 3 heteroatoms. The van der Waals surface area contributed by atoms with Crippen molar-refractivity contribution in [1.29, 1.82) is 0 Å². The van der Waals surface area contributed by atoms with Crippen molar-refractivity contribution in [3.05, 3.63) is 27.5 Å². The SMILES string of the molecule is CCc1c(Br)cc(N)c2ccsc12. The monoisotopic (exact) mass is 255 g/mol. The maximum absolute atomic E-state index is 5.90. The van der Waals surface area contributed by atoms with E-state index in [1.165, 1.54) is 15.6 Å². The molecule has 2 N–H and O–H groups in total. The minimum absolute atomic E-state index is 0.861. The molecule has 0 radical (unpaired) electrons. The summed E-state index contributed by atoms with van der Waals surface area (Å²) in [6.45, 7) is 2.16. The summed E-state index contributed by atoms with van der Waals surface area (Å²) in [5.41, 5.74) is 8.12. The van der Waals surface area contributed by atoms with Crippen LogP contribution in [0.2, 0.25) is 0 Å². The number of nitrogens with two attached hydrogens (primary N) is 1. The van der Waals surface area contributed by atoms with Crippen LogP contribution in [0.3, 0.4) is 0 Å². The van der Waals surface area contributed by atoms with Crippen molar-refractivity contribution in [2.75, 3.05) is 5.73 Å². The van der Waals surface area contributed by atoms with Crippen LogP contribution in [0.25, 0.3) is 10.1 Å². The summed E-state index contributed by atoms with van der Waals surface area (Å²) in [5, 5.41) is 3.28. The fourth-order valence-electron chi connectivity index (χ4n) is 1.51. The van der Waals surface area contributed by atoms with E-state index in [1.807, 2.05) is 6.07 Å². The number of hydrogen-bond donors (Lipinski definition) is 1. The Morgan fingerprint density at radius 1 is 1.54 bits per heavy atom. The van der Waals surface area contributed by atoms with Gasteiger partial charge < -0.3 is 5.73 Å². The Bertz CT molecular complexity index is 447. The minimum Gasteiger partial charge on any atom is -0.398 e. The van der Waals surface area contributed by atoms with Gasteiger partial charge in [0.2, 0.25) is 0 Å². The van der Waals surface area contributed by atoms with Gasteiger partial charge in [-0.25, -0.2) is 0 Å². The van der Waals surface area contributed by atoms with Gasteiger partial charge in [0.1, 0.15) is 0 Å². The molecular weight excluding hydrogens is 246 g/mol. The summed E-state index contributed by atoms with van der Waals surface area (Å²) in [7, 11) is 0. The van der Waals surface area contributed by atoms with E-state index >= 15 is 0 Å². The molecular formula is C10H10BrNS. The van der Waals surface area contributed by atoms with E-state index in [1.54, 1.807) is 11.3 Å². The average Bonchev–Trinajstić information content (AvgIpc) is 2.53. The third-order valence-electron chi connectivity index (χ3n) is 2.17. The molecule has 0 aliphatic carbocycles. The number of halogens is 1. The third-order valence-corrected chi connectivity index (χ3v) is 3.86. The van der Waals surface area contributed by atoms with Crippen molar-refractivity contribution >= 4 is 43.0 Å². The standard InChI is InChI=1S/C10H10BrNS/c1-2-6-8(11)5-9(12)7-3-4-13-10(6)7/h3-5H,2,12H2,1H3. The van der Waals surface area contributed by atoms with Gasteiger partial charge in [0.05, 0.1) is 0 Å². The van der Waals surface area contributed by atoms with Crippen molar-refractivity contribution in [2.24, 2.45) is 0 Å². The predicted octanol–water partition coefficient (Wildman–Crippen LogP) is 3.81. The molecule has 0 spiro atoms. The number of aryl methyl sites for hydroxylation is 1. The lowest BCUT2D eigenvalue weighted by Crippen LogP contribution is -1.89. The number of anilines is 1. The summed E-state index contributed by atoms with van der Waals surface area (Å²) < 4.78 is 2.44. The second-order valence-electron chi connectivity index (χ2n) is 2.94. The van der Waals surface area contributed by atoms with Gasteiger partial charge in [0.15, 0.2) is 0 Å². The van der Waals surface area contributed by atoms with E-state index in [0.29, 0.717) is 0 Å². The molecule has 0 bridgehead atoms. The van der Waals surface area contributed by atoms with Gasteiger partial charge in [-0.15, -0.1) is 11.3 Å². The van der Waals surface area contributed by atoms with Crippen LogP contribution in [0.5, 0.6) is 0 Å². The zero-order valence-corrected chi connectivity index (χ0v) is 9.71. The summed E-state index contributed by atoms with van der Waals surface area (Å²) in [6.07, 6.45) is 1.04. The van der Waals surface area contributed by atoms with Crippen LogP contribution >= 0.6 is 27.3 Å². The Balaban J connectivity index is 2.88. The maximum atomic E-state index is 5.90. The number of nitrogen functional groups attached to an aromatic ring is 1. The average molecular weight is 256 g/mol. The topological polar surface area (TPSA) is 26.0 Å². The summed E-state index contributed by atoms with van der Waals surface area (Å²) >= 11 is 5.30. The van der Waals surface area contributed by atoms with Gasteiger partial charge >= 0.3 is 0 Å². The predicted molar refractivity (Wildman–Crippen MR) is 63.3 cm³/mol. The second-order valence-corrected chi connectivity index (χ2v) is 4.71. The lowest BCUT2D eigenvalue weighted by Gasteiger charge is -2.05. The highest BCUT2D eigenvalue weighted by Crippen LogP contribution is 2.35. The Hall–Kier alpha value is -0.540. The van der Waals surface area contributed by atoms with Gasteiger partial charge in [-0.2, -0.15) is 0 Å². The molecule has 0 aliphatic heterocycles. The van der Waals surface area contributed by atoms with Gasteiger partial charge in [0, 0.05) is 20.2 Å². The van der Waals surface area contributed by atoms with Crippen molar-refractivity contribution < 1.29 is 0 Å². The molecule has 0 atom stereocenters. The number of fused-ring (bicyclic) bond motifs is 1. The molecule has 1 heterocycles. The van der Waals surface area contributed by atoms with E-state index in [2.05, 4.69) is 34.3 Å². The lowest BCUT2D eigenvalue weighted by molar-refractivity contribution is 1.15. The molecule has 13 heavy (non-hydrogen) atoms. The molecule has 68 valence electrons. The van der Waals surface area contributed by atoms with E-state index in [4.69, 9.17) is 5.73 Å². The Morgan fingerprint density at radius 3 is 3.00 bits per heavy atom. The van der Waals surface area contributed by atoms with Crippen LogP contribution < -0.4 is 5.73 Å². The zero-order chi connectivity index (χ0) is 9.42. The largest absolute Gasteiger partial charge is 0.398 e. The first-order chi connectivity index (χ1) is 6.24. The van der Waals surface area contributed by atoms with Crippen LogP contribution in [0.15, 0.2) is 22.0 Å². The fourth-order valence-corrected chi connectivity index (χ4v) is 3.42. The van der Waals surface area contributed by atoms with E-state index in [9.17, 15) is 0 Å². The number of thiophene rings is 1. The van der Waals surface area contributed by atoms with Crippen molar-refractivity contribution in [1.82, 2.24) is 0 Å². The number of rotatable bonds is 1. The third kappa shape index (κ3) is 1.36. The molecule has 2 rings (SSSR count). The molecule has 1 nitrogen and oxygen atoms in total. The fraction of sp³-hybridized carbons (Fsp3) is 0.200. The summed E-state index contributed by atoms with van der Waals surface area (Å²) in [5.74, 6) is 0. The quantitative estimate of drug-likeness (QED) is 0.771. The molecule has 1 aromatic heterocycles. The smallest absolute Gasteiger partial charge is 0.0413 e. The summed E-state index contributed by atoms with van der Waals surface area (Å²) in [6, 6.07) is 4.08. The molecule has 0 aliphatic rings. The first-order valence-electron chi connectivity index (χ1n) is 4.18. The normalized spacial score (nSPS) is 10.9. The van der Waals surface area contributed by atoms with E-state index < -0.39 is 0 Å². The van der Waals surface area contributed by atoms with Gasteiger partial charge in [-0.1, -0.05) is 22.9 Å². The Morgan fingerprint density at radius 2 is 2.31 bits per heavy atom. The van der Waals surface area contributed by atoms with Crippen molar-refractivity contribution in [3.63, 3.8) is 0 Å². The molecule has 0 saturated carbocycles. The van der Waals surface area contributed by atoms with Gasteiger partial charge in [-0.05, 0) is 29.5 Å². The molecule has 0 unspecified atom stereocenters. The van der Waals surface area contributed by atoms with Gasteiger partial charge in [-0.3, -0.25) is 0 Å². The first-order valence-corrected chi connectivity index (χ1v) is 5.85. The first kappa shape index (κ1) is 9.03. The second kappa shape index (κ2) is 3.31. The maximum Gasteiger partial charge on any atom is 0.0413 e. The molecule has 0 amide bonds. The highest BCUT2D eigenvalue weighted by molar-refractivity contribution is 9.10. The highest BCUT2D eigenvalue weighted by atomic mass is 79.9. The highest BCUT2D eigenvalue weighted by Gasteiger charge is 2.08. The van der Waals surface area contributed by atoms with Crippen LogP contribution in [-0.2, 0) is 6.42 Å². The number of benzene rings is 1. The molecule has 0 fully saturated rings. The van der Waals surface area contributed by atoms with Crippen molar-refractivity contribution in [2.45, 2.75) is 13.3 Å². The summed E-state index contributed by atoms with van der Waals surface area (Å²) in [4.78, 5) is 0. The molecule has 1 aromatic carbocycles. The van der Waals surface area contributed by atoms with Crippen LogP contribution in [0.4, 0.5) is 5.69 Å². The van der Waals surface area contributed by atoms with Crippen LogP contribution in [0, 0.1) is 0 Å². The molecule has 0 saturated heterocycles. The lowest BCUT2D eigenvalue weighted by atomic mass is 10.1. The van der Waals surface area contributed by atoms with Crippen LogP contribution in [-0.4, -0.2) is 0 Å². The van der Waals surface area contributed by atoms with E-state index in [-0.39, 0.29) is 0 Å². The molecule has 2 aromatic rings. The number of hydrogen-bond acceptors (Lipinski definition) is 2. The van der Waals surface area contributed by atoms with E-state index in [0.717, 1.165) is 16.6 Å².